The van der Waals surface area contributed by atoms with E-state index < -0.39 is 0 Å². The Kier molecular flexibility index (Phi) is 3.71. The van der Waals surface area contributed by atoms with Crippen LogP contribution in [0, 0.1) is 0 Å². The molecule has 0 radical (unpaired) electrons. The van der Waals surface area contributed by atoms with Crippen LogP contribution < -0.4 is 15.4 Å². The second kappa shape index (κ2) is 5.64. The molecule has 1 aromatic heterocycles. The van der Waals surface area contributed by atoms with E-state index in [-0.39, 0.29) is 0 Å². The number of hydrogen-bond acceptors (Lipinski definition) is 5. The molecule has 1 aliphatic heterocycles. The highest BCUT2D eigenvalue weighted by Gasteiger charge is 2.18. The number of nitrogens with zero attached hydrogens (tertiary/aromatic N) is 2. The van der Waals surface area contributed by atoms with Crippen LogP contribution in [0.3, 0.4) is 0 Å². The van der Waals surface area contributed by atoms with Crippen molar-refractivity contribution in [2.75, 3.05) is 19.0 Å². The number of anilines is 2. The third kappa shape index (κ3) is 2.69. The zero-order chi connectivity index (χ0) is 13.9. The molecule has 1 aromatic carbocycles. The highest BCUT2D eigenvalue weighted by molar-refractivity contribution is 6.30. The maximum atomic E-state index is 5.87. The van der Waals surface area contributed by atoms with Gasteiger partial charge in [0.25, 0.3) is 0 Å². The van der Waals surface area contributed by atoms with Crippen molar-refractivity contribution in [3.8, 4) is 5.88 Å². The van der Waals surface area contributed by atoms with Crippen LogP contribution in [0.4, 0.5) is 11.6 Å². The lowest BCUT2D eigenvalue weighted by Gasteiger charge is -2.19. The van der Waals surface area contributed by atoms with Gasteiger partial charge in [-0.15, -0.1) is 0 Å². The van der Waals surface area contributed by atoms with Gasteiger partial charge in [-0.05, 0) is 24.3 Å². The molecular formula is C14H15ClN4O. The van der Waals surface area contributed by atoms with Gasteiger partial charge in [-0.25, -0.2) is 4.98 Å². The predicted octanol–water partition coefficient (Wildman–Crippen LogP) is 2.53. The Morgan fingerprint density at radius 3 is 2.80 bits per heavy atom. The molecule has 0 fully saturated rings. The molecular weight excluding hydrogens is 276 g/mol. The Hall–Kier alpha value is -1.85. The molecule has 3 rings (SSSR count). The average Bonchev–Trinajstić information content (AvgIpc) is 2.49. The monoisotopic (exact) mass is 290 g/mol. The lowest BCUT2D eigenvalue weighted by molar-refractivity contribution is 0.386. The molecule has 0 unspecified atom stereocenters. The summed E-state index contributed by atoms with van der Waals surface area (Å²) in [4.78, 5) is 8.97. The van der Waals surface area contributed by atoms with Crippen molar-refractivity contribution < 1.29 is 4.74 Å². The van der Waals surface area contributed by atoms with Crippen molar-refractivity contribution in [2.24, 2.45) is 0 Å². The van der Waals surface area contributed by atoms with Gasteiger partial charge in [-0.2, -0.15) is 4.98 Å². The molecule has 0 spiro atoms. The van der Waals surface area contributed by atoms with Crippen molar-refractivity contribution in [3.63, 3.8) is 0 Å². The number of aromatic nitrogens is 2. The molecule has 0 aliphatic carbocycles. The molecule has 2 heterocycles. The fourth-order valence-electron chi connectivity index (χ4n) is 2.20. The van der Waals surface area contributed by atoms with E-state index >= 15 is 0 Å². The summed E-state index contributed by atoms with van der Waals surface area (Å²) < 4.78 is 5.36. The van der Waals surface area contributed by atoms with Crippen molar-refractivity contribution in [1.29, 1.82) is 0 Å². The van der Waals surface area contributed by atoms with Crippen LogP contribution in [0.2, 0.25) is 5.02 Å². The summed E-state index contributed by atoms with van der Waals surface area (Å²) in [5, 5.41) is 7.17. The molecule has 6 heteroatoms. The van der Waals surface area contributed by atoms with Gasteiger partial charge in [0.1, 0.15) is 0 Å². The molecule has 1 aliphatic rings. The molecule has 5 nitrogen and oxygen atoms in total. The second-order valence-electron chi connectivity index (χ2n) is 4.54. The van der Waals surface area contributed by atoms with E-state index in [0.29, 0.717) is 16.9 Å². The van der Waals surface area contributed by atoms with Gasteiger partial charge >= 0.3 is 0 Å². The van der Waals surface area contributed by atoms with Crippen LogP contribution in [-0.4, -0.2) is 23.6 Å². The molecule has 0 saturated heterocycles. The van der Waals surface area contributed by atoms with E-state index in [0.717, 1.165) is 36.5 Å². The molecule has 0 amide bonds. The zero-order valence-electron chi connectivity index (χ0n) is 11.1. The first-order chi connectivity index (χ1) is 9.76. The first-order valence-electron chi connectivity index (χ1n) is 6.43. The second-order valence-corrected chi connectivity index (χ2v) is 4.98. The molecule has 0 bridgehead atoms. The van der Waals surface area contributed by atoms with E-state index in [1.807, 2.05) is 24.3 Å². The van der Waals surface area contributed by atoms with E-state index in [2.05, 4.69) is 20.6 Å². The maximum absolute atomic E-state index is 5.87. The van der Waals surface area contributed by atoms with Crippen LogP contribution in [0.5, 0.6) is 5.88 Å². The van der Waals surface area contributed by atoms with Gasteiger partial charge in [-0.3, -0.25) is 0 Å². The first kappa shape index (κ1) is 13.1. The molecule has 20 heavy (non-hydrogen) atoms. The third-order valence-corrected chi connectivity index (χ3v) is 3.44. The van der Waals surface area contributed by atoms with Gasteiger partial charge in [0, 0.05) is 35.8 Å². The average molecular weight is 291 g/mol. The van der Waals surface area contributed by atoms with Gasteiger partial charge < -0.3 is 15.4 Å². The summed E-state index contributed by atoms with van der Waals surface area (Å²) in [6.45, 7) is 1.67. The maximum Gasteiger partial charge on any atom is 0.230 e. The van der Waals surface area contributed by atoms with Gasteiger partial charge in [0.15, 0.2) is 0 Å². The fraction of sp³-hybridized carbons (Fsp3) is 0.286. The topological polar surface area (TPSA) is 59.1 Å². The Bertz CT molecular complexity index is 598. The van der Waals surface area contributed by atoms with Crippen molar-refractivity contribution in [1.82, 2.24) is 15.3 Å². The largest absolute Gasteiger partial charge is 0.481 e. The molecule has 0 saturated carbocycles. The zero-order valence-corrected chi connectivity index (χ0v) is 11.9. The van der Waals surface area contributed by atoms with Crippen LogP contribution in [-0.2, 0) is 13.0 Å². The van der Waals surface area contributed by atoms with E-state index in [9.17, 15) is 0 Å². The Labute approximate surface area is 122 Å². The quantitative estimate of drug-likeness (QED) is 0.910. The standard InChI is InChI=1S/C14H15ClN4O/c1-20-13-11-8-16-7-6-12(11)18-14(19-13)17-10-4-2-9(15)3-5-10/h2-5,16H,6-8H2,1H3,(H,17,18,19). The SMILES string of the molecule is COc1nc(Nc2ccc(Cl)cc2)nc2c1CNCC2. The minimum Gasteiger partial charge on any atom is -0.481 e. The number of rotatable bonds is 3. The van der Waals surface area contributed by atoms with Crippen LogP contribution in [0.1, 0.15) is 11.3 Å². The minimum atomic E-state index is 0.546. The summed E-state index contributed by atoms with van der Waals surface area (Å²) in [6.07, 6.45) is 0.878. The van der Waals surface area contributed by atoms with Gasteiger partial charge in [-0.1, -0.05) is 11.6 Å². The lowest BCUT2D eigenvalue weighted by atomic mass is 10.1. The lowest BCUT2D eigenvalue weighted by Crippen LogP contribution is -2.26. The Morgan fingerprint density at radius 2 is 2.05 bits per heavy atom. The predicted molar refractivity (Wildman–Crippen MR) is 78.7 cm³/mol. The summed E-state index contributed by atoms with van der Waals surface area (Å²) in [5.74, 6) is 1.17. The number of nitrogens with one attached hydrogen (secondary N) is 2. The fourth-order valence-corrected chi connectivity index (χ4v) is 2.33. The highest BCUT2D eigenvalue weighted by atomic mass is 35.5. The molecule has 2 aromatic rings. The number of hydrogen-bond donors (Lipinski definition) is 2. The van der Waals surface area contributed by atoms with Gasteiger partial charge in [0.05, 0.1) is 12.8 Å². The summed E-state index contributed by atoms with van der Waals surface area (Å²) >= 11 is 5.87. The van der Waals surface area contributed by atoms with Crippen molar-refractivity contribution >= 4 is 23.2 Å². The number of ether oxygens (including phenoxy) is 1. The summed E-state index contributed by atoms with van der Waals surface area (Å²) in [5.41, 5.74) is 2.97. The van der Waals surface area contributed by atoms with E-state index in [1.165, 1.54) is 0 Å². The van der Waals surface area contributed by atoms with Crippen molar-refractivity contribution in [2.45, 2.75) is 13.0 Å². The summed E-state index contributed by atoms with van der Waals surface area (Å²) in [7, 11) is 1.63. The van der Waals surface area contributed by atoms with Crippen LogP contribution in [0.15, 0.2) is 24.3 Å². The number of methoxy groups -OCH3 is 1. The third-order valence-electron chi connectivity index (χ3n) is 3.19. The number of benzene rings is 1. The van der Waals surface area contributed by atoms with Gasteiger partial charge in [0.2, 0.25) is 11.8 Å². The molecule has 2 N–H and O–H groups in total. The minimum absolute atomic E-state index is 0.546. The normalized spacial score (nSPS) is 13.7. The van der Waals surface area contributed by atoms with Crippen LogP contribution in [0.25, 0.3) is 0 Å². The van der Waals surface area contributed by atoms with Crippen molar-refractivity contribution in [3.05, 3.63) is 40.5 Å². The smallest absolute Gasteiger partial charge is 0.230 e. The van der Waals surface area contributed by atoms with Crippen LogP contribution >= 0.6 is 11.6 Å². The Morgan fingerprint density at radius 1 is 1.25 bits per heavy atom. The highest BCUT2D eigenvalue weighted by Crippen LogP contribution is 2.25. The molecule has 104 valence electrons. The van der Waals surface area contributed by atoms with E-state index in [4.69, 9.17) is 16.3 Å². The summed E-state index contributed by atoms with van der Waals surface area (Å²) in [6, 6.07) is 7.42. The number of fused-ring (bicyclic) bond motifs is 1. The van der Waals surface area contributed by atoms with E-state index in [1.54, 1.807) is 7.11 Å². The number of halogens is 1. The first-order valence-corrected chi connectivity index (χ1v) is 6.81. The molecule has 0 atom stereocenters. The Balaban J connectivity index is 1.91.